The second kappa shape index (κ2) is 5.24. The lowest BCUT2D eigenvalue weighted by atomic mass is 10.0. The molecule has 0 bridgehead atoms. The van der Waals surface area contributed by atoms with Crippen LogP contribution in [0, 0.1) is 5.41 Å². The number of halogens is 1. The minimum Gasteiger partial charge on any atom is -0.481 e. The Hall–Kier alpha value is -1.29. The molecule has 1 aliphatic carbocycles. The van der Waals surface area contributed by atoms with Crippen LogP contribution in [-0.2, 0) is 12.4 Å². The first-order chi connectivity index (χ1) is 9.71. The van der Waals surface area contributed by atoms with Crippen LogP contribution in [0.4, 0.5) is 0 Å². The predicted molar refractivity (Wildman–Crippen MR) is 80.2 cm³/mol. The number of hydrogen-bond acceptors (Lipinski definition) is 3. The van der Waals surface area contributed by atoms with E-state index in [0.29, 0.717) is 17.2 Å². The molecule has 0 amide bonds. The molecular formula is C15H20ClN3O. The molecule has 0 spiro atoms. The highest BCUT2D eigenvalue weighted by Crippen LogP contribution is 2.51. The van der Waals surface area contributed by atoms with E-state index >= 15 is 0 Å². The zero-order chi connectivity index (χ0) is 14.2. The Kier molecular flexibility index (Phi) is 3.59. The van der Waals surface area contributed by atoms with Crippen LogP contribution in [0.2, 0.25) is 0 Å². The van der Waals surface area contributed by atoms with Gasteiger partial charge in [0.1, 0.15) is 11.3 Å². The molecule has 0 aliphatic heterocycles. The maximum absolute atomic E-state index is 6.06. The molecule has 0 radical (unpaired) electrons. The van der Waals surface area contributed by atoms with E-state index in [4.69, 9.17) is 16.3 Å². The van der Waals surface area contributed by atoms with E-state index in [0.717, 1.165) is 23.5 Å². The Bertz CT molecular complexity index is 619. The molecule has 0 aromatic carbocycles. The van der Waals surface area contributed by atoms with Crippen molar-refractivity contribution in [2.45, 2.75) is 45.0 Å². The van der Waals surface area contributed by atoms with Crippen LogP contribution in [0.3, 0.4) is 0 Å². The van der Waals surface area contributed by atoms with Crippen molar-refractivity contribution < 1.29 is 4.74 Å². The molecule has 4 nitrogen and oxygen atoms in total. The fourth-order valence-corrected chi connectivity index (χ4v) is 3.15. The van der Waals surface area contributed by atoms with Gasteiger partial charge in [-0.15, -0.1) is 11.6 Å². The van der Waals surface area contributed by atoms with Crippen LogP contribution in [0.15, 0.2) is 12.1 Å². The summed E-state index contributed by atoms with van der Waals surface area (Å²) in [5, 5.41) is 0. The van der Waals surface area contributed by atoms with E-state index in [1.807, 2.05) is 12.1 Å². The van der Waals surface area contributed by atoms with Crippen molar-refractivity contribution in [3.05, 3.63) is 18.0 Å². The molecule has 0 saturated heterocycles. The second-order valence-electron chi connectivity index (χ2n) is 5.69. The van der Waals surface area contributed by atoms with Gasteiger partial charge in [0.15, 0.2) is 5.65 Å². The number of pyridine rings is 1. The number of aromatic nitrogens is 3. The monoisotopic (exact) mass is 293 g/mol. The Morgan fingerprint density at radius 2 is 2.15 bits per heavy atom. The van der Waals surface area contributed by atoms with Crippen molar-refractivity contribution in [3.8, 4) is 5.88 Å². The number of imidazole rings is 1. The molecule has 1 fully saturated rings. The van der Waals surface area contributed by atoms with Gasteiger partial charge >= 0.3 is 0 Å². The first-order valence-electron chi connectivity index (χ1n) is 7.17. The molecule has 1 saturated carbocycles. The molecule has 2 aromatic heterocycles. The number of alkyl halides is 1. The third-order valence-electron chi connectivity index (χ3n) is 4.21. The molecule has 3 rings (SSSR count). The summed E-state index contributed by atoms with van der Waals surface area (Å²) in [6, 6.07) is 3.80. The smallest absolute Gasteiger partial charge is 0.215 e. The maximum atomic E-state index is 6.06. The highest BCUT2D eigenvalue weighted by molar-refractivity contribution is 6.16. The topological polar surface area (TPSA) is 39.9 Å². The lowest BCUT2D eigenvalue weighted by Gasteiger charge is -2.16. The van der Waals surface area contributed by atoms with E-state index < -0.39 is 0 Å². The lowest BCUT2D eigenvalue weighted by Crippen LogP contribution is -2.14. The third-order valence-corrected chi connectivity index (χ3v) is 4.44. The molecule has 0 atom stereocenters. The van der Waals surface area contributed by atoms with Gasteiger partial charge in [0, 0.05) is 12.6 Å². The van der Waals surface area contributed by atoms with Crippen LogP contribution in [0.1, 0.15) is 38.4 Å². The Balaban J connectivity index is 2.02. The van der Waals surface area contributed by atoms with E-state index in [1.54, 1.807) is 7.11 Å². The van der Waals surface area contributed by atoms with E-state index in [2.05, 4.69) is 21.5 Å². The summed E-state index contributed by atoms with van der Waals surface area (Å²) in [4.78, 5) is 9.15. The summed E-state index contributed by atoms with van der Waals surface area (Å²) >= 11 is 6.06. The van der Waals surface area contributed by atoms with Crippen LogP contribution in [-0.4, -0.2) is 21.6 Å². The fraction of sp³-hybridized carbons (Fsp3) is 0.600. The average Bonchev–Trinajstić information content (AvgIpc) is 3.14. The Morgan fingerprint density at radius 1 is 1.35 bits per heavy atom. The van der Waals surface area contributed by atoms with Crippen molar-refractivity contribution in [2.24, 2.45) is 5.41 Å². The minimum atomic E-state index is 0.418. The average molecular weight is 294 g/mol. The molecule has 20 heavy (non-hydrogen) atoms. The van der Waals surface area contributed by atoms with Crippen LogP contribution >= 0.6 is 11.6 Å². The number of rotatable bonds is 6. The highest BCUT2D eigenvalue weighted by atomic mass is 35.5. The van der Waals surface area contributed by atoms with Gasteiger partial charge in [0.25, 0.3) is 0 Å². The SMILES string of the molecule is CCCC1(Cn2c(CCl)nc3ccc(OC)nc32)CC1. The van der Waals surface area contributed by atoms with Crippen LogP contribution < -0.4 is 4.74 Å². The van der Waals surface area contributed by atoms with Crippen molar-refractivity contribution in [2.75, 3.05) is 7.11 Å². The molecule has 2 aromatic rings. The first-order valence-corrected chi connectivity index (χ1v) is 7.71. The minimum absolute atomic E-state index is 0.418. The quantitative estimate of drug-likeness (QED) is 0.761. The summed E-state index contributed by atoms with van der Waals surface area (Å²) in [5.41, 5.74) is 2.23. The summed E-state index contributed by atoms with van der Waals surface area (Å²) in [6.07, 6.45) is 5.08. The molecule has 5 heteroatoms. The first kappa shape index (κ1) is 13.7. The van der Waals surface area contributed by atoms with Gasteiger partial charge in [0.05, 0.1) is 13.0 Å². The van der Waals surface area contributed by atoms with Crippen molar-refractivity contribution in [3.63, 3.8) is 0 Å². The maximum Gasteiger partial charge on any atom is 0.215 e. The van der Waals surface area contributed by atoms with Gasteiger partial charge in [-0.2, -0.15) is 4.98 Å². The van der Waals surface area contributed by atoms with Crippen LogP contribution in [0.25, 0.3) is 11.2 Å². The van der Waals surface area contributed by atoms with E-state index in [1.165, 1.54) is 25.7 Å². The summed E-state index contributed by atoms with van der Waals surface area (Å²) in [7, 11) is 1.64. The number of fused-ring (bicyclic) bond motifs is 1. The van der Waals surface area contributed by atoms with Gasteiger partial charge in [-0.25, -0.2) is 4.98 Å². The van der Waals surface area contributed by atoms with Gasteiger partial charge < -0.3 is 9.30 Å². The van der Waals surface area contributed by atoms with Gasteiger partial charge in [-0.3, -0.25) is 0 Å². The lowest BCUT2D eigenvalue weighted by molar-refractivity contribution is 0.383. The zero-order valence-electron chi connectivity index (χ0n) is 12.0. The highest BCUT2D eigenvalue weighted by Gasteiger charge is 2.42. The zero-order valence-corrected chi connectivity index (χ0v) is 12.8. The van der Waals surface area contributed by atoms with Crippen LogP contribution in [0.5, 0.6) is 5.88 Å². The van der Waals surface area contributed by atoms with Gasteiger partial charge in [0.2, 0.25) is 5.88 Å². The second-order valence-corrected chi connectivity index (χ2v) is 5.96. The summed E-state index contributed by atoms with van der Waals surface area (Å²) in [5.74, 6) is 1.95. The number of ether oxygens (including phenoxy) is 1. The van der Waals surface area contributed by atoms with Crippen molar-refractivity contribution in [1.82, 2.24) is 14.5 Å². The largest absolute Gasteiger partial charge is 0.481 e. The fourth-order valence-electron chi connectivity index (χ4n) is 2.94. The van der Waals surface area contributed by atoms with Crippen molar-refractivity contribution in [1.29, 1.82) is 0 Å². The van der Waals surface area contributed by atoms with Gasteiger partial charge in [-0.1, -0.05) is 13.3 Å². The standard InChI is InChI=1S/C15H20ClN3O/c1-3-6-15(7-8-15)10-19-12(9-16)17-11-4-5-13(20-2)18-14(11)19/h4-5H,3,6-10H2,1-2H3. The third kappa shape index (κ3) is 2.37. The summed E-state index contributed by atoms with van der Waals surface area (Å²) < 4.78 is 7.42. The number of nitrogens with zero attached hydrogens (tertiary/aromatic N) is 3. The molecule has 0 N–H and O–H groups in total. The molecule has 1 aliphatic rings. The summed E-state index contributed by atoms with van der Waals surface area (Å²) in [6.45, 7) is 3.22. The predicted octanol–water partition coefficient (Wildman–Crippen LogP) is 3.76. The van der Waals surface area contributed by atoms with Gasteiger partial charge in [-0.05, 0) is 30.7 Å². The van der Waals surface area contributed by atoms with E-state index in [9.17, 15) is 0 Å². The van der Waals surface area contributed by atoms with Crippen molar-refractivity contribution >= 4 is 22.8 Å². The Labute approximate surface area is 124 Å². The molecule has 0 unspecified atom stereocenters. The Morgan fingerprint density at radius 3 is 2.75 bits per heavy atom. The normalized spacial score (nSPS) is 16.6. The number of hydrogen-bond donors (Lipinski definition) is 0. The molecule has 2 heterocycles. The molecular weight excluding hydrogens is 274 g/mol. The number of methoxy groups -OCH3 is 1. The molecule has 108 valence electrons. The van der Waals surface area contributed by atoms with E-state index in [-0.39, 0.29) is 0 Å².